The average Bonchev–Trinajstić information content (AvgIpc) is 3.92. The molecule has 8 rings (SSSR count). The van der Waals surface area contributed by atoms with E-state index in [0.29, 0.717) is 0 Å². The zero-order valence-corrected chi connectivity index (χ0v) is 44.4. The minimum absolute atomic E-state index is 0. The van der Waals surface area contributed by atoms with Crippen LogP contribution in [0.4, 0.5) is 0 Å². The Kier molecular flexibility index (Phi) is 18.1. The van der Waals surface area contributed by atoms with Gasteiger partial charge in [0.15, 0.2) is 0 Å². The summed E-state index contributed by atoms with van der Waals surface area (Å²) in [5, 5.41) is 5.38. The van der Waals surface area contributed by atoms with Gasteiger partial charge in [-0.3, -0.25) is 6.08 Å². The van der Waals surface area contributed by atoms with E-state index in [0.717, 1.165) is 19.3 Å². The van der Waals surface area contributed by atoms with Crippen molar-refractivity contribution in [1.82, 2.24) is 0 Å². The van der Waals surface area contributed by atoms with Crippen LogP contribution in [0.3, 0.4) is 0 Å². The van der Waals surface area contributed by atoms with Gasteiger partial charge < -0.3 is 24.8 Å². The van der Waals surface area contributed by atoms with Crippen molar-refractivity contribution in [2.75, 3.05) is 0 Å². The molecule has 7 aromatic rings. The number of hydrogen-bond acceptors (Lipinski definition) is 0. The van der Waals surface area contributed by atoms with E-state index in [2.05, 4.69) is 235 Å². The maximum absolute atomic E-state index is 2.99. The molecule has 0 aliphatic heterocycles. The van der Waals surface area contributed by atoms with Crippen molar-refractivity contribution in [2.45, 2.75) is 124 Å². The molecule has 0 N–H and O–H groups in total. The number of fused-ring (bicyclic) bond motifs is 3. The topological polar surface area (TPSA) is 0 Å². The van der Waals surface area contributed by atoms with E-state index >= 15 is 0 Å². The zero-order valence-electron chi connectivity index (χ0n) is 40.4. The van der Waals surface area contributed by atoms with Crippen molar-refractivity contribution in [1.29, 1.82) is 0 Å². The van der Waals surface area contributed by atoms with Crippen LogP contribution in [-0.4, -0.2) is 3.21 Å². The van der Waals surface area contributed by atoms with Crippen LogP contribution in [0, 0.1) is 6.08 Å². The van der Waals surface area contributed by atoms with Gasteiger partial charge in [0.25, 0.3) is 0 Å². The third kappa shape index (κ3) is 13.3. The van der Waals surface area contributed by atoms with Crippen molar-refractivity contribution in [3.8, 4) is 22.3 Å². The van der Waals surface area contributed by atoms with E-state index in [-0.39, 0.29) is 46.5 Å². The van der Waals surface area contributed by atoms with Gasteiger partial charge in [-0.25, -0.2) is 12.2 Å². The maximum atomic E-state index is 2.99. The molecule has 64 heavy (non-hydrogen) atoms. The van der Waals surface area contributed by atoms with Crippen molar-refractivity contribution in [2.24, 2.45) is 0 Å². The van der Waals surface area contributed by atoms with E-state index < -0.39 is 0 Å². The van der Waals surface area contributed by atoms with Crippen LogP contribution in [0.25, 0.3) is 43.8 Å². The molecule has 0 aromatic heterocycles. The van der Waals surface area contributed by atoms with Gasteiger partial charge >= 0.3 is 112 Å². The average molecular weight is 963 g/mol. The van der Waals surface area contributed by atoms with Crippen LogP contribution in [0.5, 0.6) is 0 Å². The second-order valence-electron chi connectivity index (χ2n) is 21.1. The molecule has 0 radical (unpaired) electrons. The fourth-order valence-corrected chi connectivity index (χ4v) is 9.63. The molecule has 0 saturated heterocycles. The molecular formula is C61H68Cl2Zr-2. The molecule has 1 aliphatic rings. The number of halogens is 2. The minimum atomic E-state index is 0. The Morgan fingerprint density at radius 1 is 0.469 bits per heavy atom. The van der Waals surface area contributed by atoms with Gasteiger partial charge in [-0.15, -0.1) is 46.2 Å². The normalized spacial score (nSPS) is 12.5. The molecule has 0 fully saturated rings. The van der Waals surface area contributed by atoms with Crippen molar-refractivity contribution >= 4 is 24.8 Å². The molecule has 0 atom stereocenters. The second kappa shape index (κ2) is 22.0. The molecule has 0 amide bonds. The van der Waals surface area contributed by atoms with Crippen LogP contribution in [0.2, 0.25) is 0 Å². The van der Waals surface area contributed by atoms with E-state index in [1.54, 1.807) is 27.4 Å². The molecular weight excluding hydrogens is 895 g/mol. The van der Waals surface area contributed by atoms with E-state index in [1.165, 1.54) is 77.2 Å². The summed E-state index contributed by atoms with van der Waals surface area (Å²) in [4.78, 5) is 0. The van der Waals surface area contributed by atoms with Crippen molar-refractivity contribution < 1.29 is 49.0 Å². The van der Waals surface area contributed by atoms with Gasteiger partial charge in [0.1, 0.15) is 0 Å². The Bertz CT molecular complexity index is 2500. The third-order valence-electron chi connectivity index (χ3n) is 11.8. The van der Waals surface area contributed by atoms with E-state index in [9.17, 15) is 0 Å². The zero-order chi connectivity index (χ0) is 44.9. The Hall–Kier alpha value is -4.00. The Labute approximate surface area is 414 Å². The second-order valence-corrected chi connectivity index (χ2v) is 22.9. The SMILES string of the molecule is CC(C)(C)c1ccccc1-c1cc2[cH-]c3cc(-c4ccccc4C(C)(C)C)c(C(C)(C)C)cc3c2cc1C(C)(C)C.[C-]1=CC=CC1.[Cl-].[Cl-].[Zr+2]=[C](Cc1ccccc1)Cc1ccccc1. The number of allylic oxidation sites excluding steroid dienone is 4. The molecule has 7 aromatic carbocycles. The van der Waals surface area contributed by atoms with Crippen LogP contribution in [0.15, 0.2) is 158 Å². The van der Waals surface area contributed by atoms with E-state index in [1.807, 2.05) is 12.2 Å². The molecule has 0 saturated carbocycles. The van der Waals surface area contributed by atoms with Gasteiger partial charge in [0.05, 0.1) is 0 Å². The van der Waals surface area contributed by atoms with Crippen LogP contribution < -0.4 is 24.8 Å². The van der Waals surface area contributed by atoms with Crippen LogP contribution in [0.1, 0.15) is 123 Å². The summed E-state index contributed by atoms with van der Waals surface area (Å²) in [6.45, 7) is 28.0. The fraction of sp³-hybridized carbons (Fsp3) is 0.311. The number of hydrogen-bond donors (Lipinski definition) is 0. The van der Waals surface area contributed by atoms with Gasteiger partial charge in [0, 0.05) is 0 Å². The molecule has 3 heteroatoms. The molecule has 0 heterocycles. The molecule has 0 nitrogen and oxygen atoms in total. The third-order valence-corrected chi connectivity index (χ3v) is 12.6. The van der Waals surface area contributed by atoms with Gasteiger partial charge in [0.2, 0.25) is 0 Å². The van der Waals surface area contributed by atoms with Gasteiger partial charge in [-0.05, 0) is 66.2 Å². The molecule has 0 bridgehead atoms. The summed E-state index contributed by atoms with van der Waals surface area (Å²) in [7, 11) is 0. The summed E-state index contributed by atoms with van der Waals surface area (Å²) in [5.74, 6) is 0. The molecule has 0 unspecified atom stereocenters. The first-order chi connectivity index (χ1) is 29.2. The van der Waals surface area contributed by atoms with Crippen LogP contribution >= 0.6 is 0 Å². The Morgan fingerprint density at radius 2 is 0.828 bits per heavy atom. The molecule has 1 aliphatic carbocycles. The summed E-state index contributed by atoms with van der Waals surface area (Å²) in [6, 6.07) is 51.8. The predicted molar refractivity (Wildman–Crippen MR) is 270 cm³/mol. The first-order valence-corrected chi connectivity index (χ1v) is 23.7. The molecule has 0 spiro atoms. The monoisotopic (exact) mass is 960 g/mol. The number of rotatable bonds is 6. The summed E-state index contributed by atoms with van der Waals surface area (Å²) in [5.41, 5.74) is 14.0. The van der Waals surface area contributed by atoms with Crippen molar-refractivity contribution in [3.05, 3.63) is 197 Å². The molecule has 332 valence electrons. The standard InChI is InChI=1S/C41H49.C15H14.C5H5.2ClH.Zr/c1-38(2,3)34-19-15-13-17-28(34)32-22-26-21-27-23-33(29-18-14-16-20-35(29)39(4,5)6)37(41(10,11)12)25-31(27)30(26)24-36(32)40(7,8)9;1-3-8-14(9-4-1)12-7-13-15-10-5-2-6-11-15;1-2-4-5-3-1;;;/h13-25H,1-12H3;1-6,8-11H,12-13H2;1-3H,4H2;2*1H;/q-1;;-1;;;+2/p-2. The number of benzene rings is 6. The first-order valence-electron chi connectivity index (χ1n) is 22.5. The van der Waals surface area contributed by atoms with Gasteiger partial charge in [-0.2, -0.15) is 6.08 Å². The fourth-order valence-electron chi connectivity index (χ4n) is 8.62. The Morgan fingerprint density at radius 3 is 1.14 bits per heavy atom. The van der Waals surface area contributed by atoms with Crippen LogP contribution in [-0.2, 0) is 58.7 Å². The quantitative estimate of drug-likeness (QED) is 0.146. The predicted octanol–water partition coefficient (Wildman–Crippen LogP) is 10.7. The Balaban J connectivity index is 0.000000321. The summed E-state index contributed by atoms with van der Waals surface area (Å²) in [6.07, 6.45) is 12.2. The first kappa shape index (κ1) is 52.6. The summed E-state index contributed by atoms with van der Waals surface area (Å²) >= 11 is 1.55. The van der Waals surface area contributed by atoms with Crippen molar-refractivity contribution in [3.63, 3.8) is 0 Å². The van der Waals surface area contributed by atoms with E-state index in [4.69, 9.17) is 0 Å². The summed E-state index contributed by atoms with van der Waals surface area (Å²) < 4.78 is 1.60. The van der Waals surface area contributed by atoms with Gasteiger partial charge in [-0.1, -0.05) is 144 Å².